The monoisotopic (exact) mass is 166 g/mol. The molecule has 2 nitrogen and oxygen atoms in total. The van der Waals surface area contributed by atoms with Crippen LogP contribution in [0, 0.1) is 0 Å². The second-order valence-electron chi connectivity index (χ2n) is 3.34. The molecule has 68 valence electrons. The molecule has 0 saturated heterocycles. The summed E-state index contributed by atoms with van der Waals surface area (Å²) >= 11 is 0. The molecule has 0 aromatic carbocycles. The standard InChI is InChI=1S/C10H18N2/c1-2-4-6-8-11-10-12-9-7-5-3-1/h1-9H2. The number of hydrogen-bond acceptors (Lipinski definition) is 2. The summed E-state index contributed by atoms with van der Waals surface area (Å²) in [5.74, 6) is 0. The van der Waals surface area contributed by atoms with Crippen molar-refractivity contribution in [3.63, 3.8) is 0 Å². The fourth-order valence-electron chi connectivity index (χ4n) is 1.42. The molecule has 1 rings (SSSR count). The summed E-state index contributed by atoms with van der Waals surface area (Å²) in [5, 5.41) is 0. The van der Waals surface area contributed by atoms with Gasteiger partial charge < -0.3 is 0 Å². The van der Waals surface area contributed by atoms with Crippen molar-refractivity contribution in [1.82, 2.24) is 0 Å². The molecule has 0 aliphatic carbocycles. The Kier molecular flexibility index (Phi) is 5.56. The van der Waals surface area contributed by atoms with Gasteiger partial charge in [-0.15, -0.1) is 0 Å². The van der Waals surface area contributed by atoms with Crippen molar-refractivity contribution < 1.29 is 0 Å². The summed E-state index contributed by atoms with van der Waals surface area (Å²) in [6, 6.07) is 2.75. The first-order valence-electron chi connectivity index (χ1n) is 5.08. The van der Waals surface area contributed by atoms with Crippen LogP contribution in [-0.4, -0.2) is 19.1 Å². The first-order chi connectivity index (χ1) is 6.00. The fourth-order valence-corrected chi connectivity index (χ4v) is 1.42. The number of rotatable bonds is 0. The highest BCUT2D eigenvalue weighted by Gasteiger charge is 1.91. The van der Waals surface area contributed by atoms with Gasteiger partial charge in [-0.3, -0.25) is 0 Å². The van der Waals surface area contributed by atoms with Crippen molar-refractivity contribution >= 4 is 6.01 Å². The summed E-state index contributed by atoms with van der Waals surface area (Å²) in [7, 11) is 0. The SMILES string of the molecule is C1=NCCCCCCCCCN=1. The van der Waals surface area contributed by atoms with E-state index in [1.165, 1.54) is 44.9 Å². The van der Waals surface area contributed by atoms with Crippen LogP contribution in [0.3, 0.4) is 0 Å². The van der Waals surface area contributed by atoms with Gasteiger partial charge in [-0.1, -0.05) is 32.1 Å². The van der Waals surface area contributed by atoms with Crippen molar-refractivity contribution in [3.05, 3.63) is 0 Å². The Hall–Kier alpha value is -0.620. The smallest absolute Gasteiger partial charge is 0.0892 e. The Morgan fingerprint density at radius 2 is 1.00 bits per heavy atom. The van der Waals surface area contributed by atoms with Gasteiger partial charge in [0.2, 0.25) is 0 Å². The van der Waals surface area contributed by atoms with Gasteiger partial charge in [0.05, 0.1) is 6.01 Å². The molecule has 0 amide bonds. The van der Waals surface area contributed by atoms with Crippen molar-refractivity contribution in [1.29, 1.82) is 0 Å². The number of hydrogen-bond donors (Lipinski definition) is 0. The van der Waals surface area contributed by atoms with Crippen LogP contribution in [0.2, 0.25) is 0 Å². The predicted octanol–water partition coefficient (Wildman–Crippen LogP) is 2.90. The lowest BCUT2D eigenvalue weighted by molar-refractivity contribution is 0.583. The van der Waals surface area contributed by atoms with Crippen LogP contribution in [0.1, 0.15) is 44.9 Å². The zero-order valence-corrected chi connectivity index (χ0v) is 7.76. The van der Waals surface area contributed by atoms with Crippen molar-refractivity contribution in [3.8, 4) is 0 Å². The minimum atomic E-state index is 0.920. The lowest BCUT2D eigenvalue weighted by Gasteiger charge is -2.00. The molecule has 0 unspecified atom stereocenters. The molecule has 0 fully saturated rings. The van der Waals surface area contributed by atoms with Gasteiger partial charge in [0.1, 0.15) is 0 Å². The maximum absolute atomic E-state index is 4.09. The van der Waals surface area contributed by atoms with Crippen LogP contribution >= 0.6 is 0 Å². The van der Waals surface area contributed by atoms with E-state index in [4.69, 9.17) is 0 Å². The third-order valence-electron chi connectivity index (χ3n) is 2.18. The average molecular weight is 166 g/mol. The summed E-state index contributed by atoms with van der Waals surface area (Å²) in [4.78, 5) is 8.18. The lowest BCUT2D eigenvalue weighted by Crippen LogP contribution is -1.87. The minimum Gasteiger partial charge on any atom is -0.226 e. The second-order valence-corrected chi connectivity index (χ2v) is 3.34. The maximum atomic E-state index is 4.09. The third kappa shape index (κ3) is 5.09. The molecule has 0 spiro atoms. The van der Waals surface area contributed by atoms with Gasteiger partial charge in [-0.2, -0.15) is 0 Å². The zero-order chi connectivity index (χ0) is 8.49. The Morgan fingerprint density at radius 3 is 1.50 bits per heavy atom. The lowest BCUT2D eigenvalue weighted by atomic mass is 10.1. The van der Waals surface area contributed by atoms with Gasteiger partial charge in [0.15, 0.2) is 0 Å². The van der Waals surface area contributed by atoms with Crippen LogP contribution in [0.25, 0.3) is 0 Å². The molecular weight excluding hydrogens is 148 g/mol. The topological polar surface area (TPSA) is 24.7 Å². The van der Waals surface area contributed by atoms with Crippen molar-refractivity contribution in [2.45, 2.75) is 44.9 Å². The summed E-state index contributed by atoms with van der Waals surface area (Å²) in [5.41, 5.74) is 0. The van der Waals surface area contributed by atoms with E-state index in [1.54, 1.807) is 0 Å². The number of nitrogens with zero attached hydrogens (tertiary/aromatic N) is 2. The largest absolute Gasteiger partial charge is 0.226 e. The third-order valence-corrected chi connectivity index (χ3v) is 2.18. The summed E-state index contributed by atoms with van der Waals surface area (Å²) < 4.78 is 0. The average Bonchev–Trinajstić information content (AvgIpc) is 2.05. The van der Waals surface area contributed by atoms with Crippen molar-refractivity contribution in [2.75, 3.05) is 13.1 Å². The molecule has 0 N–H and O–H groups in total. The molecule has 0 radical (unpaired) electrons. The molecule has 1 heterocycles. The van der Waals surface area contributed by atoms with E-state index in [9.17, 15) is 0 Å². The van der Waals surface area contributed by atoms with Crippen LogP contribution in [0.15, 0.2) is 9.98 Å². The first-order valence-corrected chi connectivity index (χ1v) is 5.08. The molecule has 1 aliphatic rings. The highest BCUT2D eigenvalue weighted by atomic mass is 14.8. The highest BCUT2D eigenvalue weighted by Crippen LogP contribution is 2.07. The van der Waals surface area contributed by atoms with E-state index in [-0.39, 0.29) is 0 Å². The normalized spacial score (nSPS) is 21.3. The summed E-state index contributed by atoms with van der Waals surface area (Å²) in [6.07, 6.45) is 9.23. The van der Waals surface area contributed by atoms with Gasteiger partial charge in [0, 0.05) is 13.1 Å². The Morgan fingerprint density at radius 1 is 0.583 bits per heavy atom. The minimum absolute atomic E-state index is 0.920. The quantitative estimate of drug-likeness (QED) is 0.528. The fraction of sp³-hybridized carbons (Fsp3) is 0.900. The number of aliphatic imine (C=N–C) groups is 2. The zero-order valence-electron chi connectivity index (χ0n) is 7.76. The van der Waals surface area contributed by atoms with Gasteiger partial charge in [-0.25, -0.2) is 9.98 Å². The maximum Gasteiger partial charge on any atom is 0.0892 e. The van der Waals surface area contributed by atoms with Gasteiger partial charge in [0.25, 0.3) is 0 Å². The summed E-state index contributed by atoms with van der Waals surface area (Å²) in [6.45, 7) is 1.84. The van der Waals surface area contributed by atoms with E-state index in [1.807, 2.05) is 0 Å². The van der Waals surface area contributed by atoms with Gasteiger partial charge in [-0.05, 0) is 12.8 Å². The Balaban J connectivity index is 2.22. The Labute approximate surface area is 74.8 Å². The molecule has 0 atom stereocenters. The predicted molar refractivity (Wildman–Crippen MR) is 51.9 cm³/mol. The Bertz CT molecular complexity index is 143. The second kappa shape index (κ2) is 7.05. The van der Waals surface area contributed by atoms with E-state index < -0.39 is 0 Å². The highest BCUT2D eigenvalue weighted by molar-refractivity contribution is 5.40. The van der Waals surface area contributed by atoms with E-state index >= 15 is 0 Å². The van der Waals surface area contributed by atoms with Crippen LogP contribution in [-0.2, 0) is 0 Å². The molecule has 0 bridgehead atoms. The van der Waals surface area contributed by atoms with Crippen molar-refractivity contribution in [2.24, 2.45) is 9.98 Å². The first kappa shape index (κ1) is 9.47. The molecule has 0 saturated carbocycles. The van der Waals surface area contributed by atoms with Crippen LogP contribution < -0.4 is 0 Å². The van der Waals surface area contributed by atoms with E-state index in [0.29, 0.717) is 0 Å². The molecule has 12 heavy (non-hydrogen) atoms. The van der Waals surface area contributed by atoms with Crippen LogP contribution in [0.5, 0.6) is 0 Å². The van der Waals surface area contributed by atoms with Gasteiger partial charge >= 0.3 is 0 Å². The molecule has 2 heteroatoms. The van der Waals surface area contributed by atoms with E-state index in [0.717, 1.165) is 13.1 Å². The molecule has 0 aromatic heterocycles. The molecule has 1 aliphatic heterocycles. The van der Waals surface area contributed by atoms with E-state index in [2.05, 4.69) is 16.0 Å². The molecule has 0 aromatic rings. The molecular formula is C10H18N2. The van der Waals surface area contributed by atoms with Crippen LogP contribution in [0.4, 0.5) is 0 Å².